The molecule has 1 aliphatic heterocycles. The van der Waals surface area contributed by atoms with Crippen LogP contribution in [-0.2, 0) is 13.6 Å². The average molecular weight is 363 g/mol. The molecular formula is C20H25N7. The second kappa shape index (κ2) is 7.84. The lowest BCUT2D eigenvalue weighted by Crippen LogP contribution is -2.33. The molecule has 4 heterocycles. The molecule has 0 atom stereocenters. The number of hydrogen-bond acceptors (Lipinski definition) is 6. The van der Waals surface area contributed by atoms with Gasteiger partial charge in [-0.25, -0.2) is 15.0 Å². The minimum atomic E-state index is 0.408. The molecule has 3 aromatic heterocycles. The Bertz CT molecular complexity index is 897. The van der Waals surface area contributed by atoms with E-state index in [-0.39, 0.29) is 0 Å². The maximum Gasteiger partial charge on any atom is 0.153 e. The van der Waals surface area contributed by atoms with Crippen LogP contribution < -0.4 is 5.32 Å². The molecule has 3 aromatic rings. The van der Waals surface area contributed by atoms with Crippen LogP contribution in [0, 0.1) is 6.92 Å². The molecule has 0 saturated carbocycles. The Kier molecular flexibility index (Phi) is 5.11. The van der Waals surface area contributed by atoms with Crippen molar-refractivity contribution < 1.29 is 0 Å². The van der Waals surface area contributed by atoms with Gasteiger partial charge < -0.3 is 9.88 Å². The number of imidazole rings is 1. The quantitative estimate of drug-likeness (QED) is 0.751. The predicted molar refractivity (Wildman–Crippen MR) is 105 cm³/mol. The van der Waals surface area contributed by atoms with Crippen molar-refractivity contribution in [2.75, 3.05) is 18.4 Å². The Morgan fingerprint density at radius 2 is 1.81 bits per heavy atom. The van der Waals surface area contributed by atoms with E-state index in [4.69, 9.17) is 0 Å². The van der Waals surface area contributed by atoms with E-state index in [1.807, 2.05) is 37.0 Å². The highest BCUT2D eigenvalue weighted by Crippen LogP contribution is 2.32. The Morgan fingerprint density at radius 1 is 1.04 bits per heavy atom. The fourth-order valence-corrected chi connectivity index (χ4v) is 3.61. The number of aryl methyl sites for hydroxylation is 2. The SMILES string of the molecule is Cc1cccnc1Nc1nccnc1C1CCN(Cc2cn(C)cn2)CC1. The molecule has 1 saturated heterocycles. The lowest BCUT2D eigenvalue weighted by molar-refractivity contribution is 0.201. The maximum absolute atomic E-state index is 4.65. The van der Waals surface area contributed by atoms with Crippen LogP contribution in [0.2, 0.25) is 0 Å². The zero-order valence-electron chi connectivity index (χ0n) is 15.8. The van der Waals surface area contributed by atoms with Crippen molar-refractivity contribution in [2.45, 2.75) is 32.2 Å². The van der Waals surface area contributed by atoms with Crippen LogP contribution in [0.25, 0.3) is 0 Å². The third-order valence-corrected chi connectivity index (χ3v) is 5.09. The molecule has 1 aliphatic rings. The number of rotatable bonds is 5. The molecular weight excluding hydrogens is 338 g/mol. The molecule has 4 rings (SSSR count). The highest BCUT2D eigenvalue weighted by Gasteiger charge is 2.25. The molecule has 0 bridgehead atoms. The fourth-order valence-electron chi connectivity index (χ4n) is 3.61. The van der Waals surface area contributed by atoms with Crippen LogP contribution in [0.5, 0.6) is 0 Å². The smallest absolute Gasteiger partial charge is 0.153 e. The molecule has 0 amide bonds. The van der Waals surface area contributed by atoms with Gasteiger partial charge in [0.2, 0.25) is 0 Å². The molecule has 0 aromatic carbocycles. The van der Waals surface area contributed by atoms with E-state index in [1.54, 1.807) is 18.6 Å². The van der Waals surface area contributed by atoms with Crippen LogP contribution in [-0.4, -0.2) is 42.5 Å². The maximum atomic E-state index is 4.65. The van der Waals surface area contributed by atoms with Crippen molar-refractivity contribution in [1.29, 1.82) is 0 Å². The van der Waals surface area contributed by atoms with Crippen molar-refractivity contribution in [2.24, 2.45) is 7.05 Å². The van der Waals surface area contributed by atoms with E-state index in [0.717, 1.165) is 61.1 Å². The van der Waals surface area contributed by atoms with Gasteiger partial charge in [0.15, 0.2) is 5.82 Å². The summed E-state index contributed by atoms with van der Waals surface area (Å²) in [4.78, 5) is 20.5. The lowest BCUT2D eigenvalue weighted by atomic mass is 9.93. The van der Waals surface area contributed by atoms with Crippen molar-refractivity contribution in [3.05, 3.63) is 60.2 Å². The topological polar surface area (TPSA) is 71.8 Å². The summed E-state index contributed by atoms with van der Waals surface area (Å²) in [7, 11) is 2.01. The van der Waals surface area contributed by atoms with Crippen LogP contribution in [0.15, 0.2) is 43.2 Å². The van der Waals surface area contributed by atoms with Crippen molar-refractivity contribution >= 4 is 11.6 Å². The summed E-state index contributed by atoms with van der Waals surface area (Å²) in [6.07, 6.45) is 11.4. The number of piperidine rings is 1. The molecule has 7 nitrogen and oxygen atoms in total. The zero-order chi connectivity index (χ0) is 18.6. The van der Waals surface area contributed by atoms with Crippen LogP contribution >= 0.6 is 0 Å². The van der Waals surface area contributed by atoms with Gasteiger partial charge in [0.05, 0.1) is 17.7 Å². The summed E-state index contributed by atoms with van der Waals surface area (Å²) < 4.78 is 2.00. The van der Waals surface area contributed by atoms with Gasteiger partial charge in [-0.2, -0.15) is 0 Å². The molecule has 0 unspecified atom stereocenters. The Hall–Kier alpha value is -2.80. The first-order valence-electron chi connectivity index (χ1n) is 9.38. The minimum absolute atomic E-state index is 0.408. The largest absolute Gasteiger partial charge is 0.340 e. The van der Waals surface area contributed by atoms with E-state index < -0.39 is 0 Å². The Labute approximate surface area is 159 Å². The monoisotopic (exact) mass is 363 g/mol. The number of nitrogens with zero attached hydrogens (tertiary/aromatic N) is 6. The first kappa shape index (κ1) is 17.6. The number of likely N-dealkylation sites (tertiary alicyclic amines) is 1. The van der Waals surface area contributed by atoms with E-state index >= 15 is 0 Å². The van der Waals surface area contributed by atoms with Crippen molar-refractivity contribution in [1.82, 2.24) is 29.4 Å². The predicted octanol–water partition coefficient (Wildman–Crippen LogP) is 3.04. The minimum Gasteiger partial charge on any atom is -0.340 e. The summed E-state index contributed by atoms with van der Waals surface area (Å²) >= 11 is 0. The molecule has 27 heavy (non-hydrogen) atoms. The molecule has 0 aliphatic carbocycles. The highest BCUT2D eigenvalue weighted by molar-refractivity contribution is 5.57. The first-order valence-corrected chi connectivity index (χ1v) is 9.38. The Morgan fingerprint density at radius 3 is 2.56 bits per heavy atom. The third-order valence-electron chi connectivity index (χ3n) is 5.09. The van der Waals surface area contributed by atoms with Crippen molar-refractivity contribution in [3.63, 3.8) is 0 Å². The van der Waals surface area contributed by atoms with Crippen LogP contribution in [0.4, 0.5) is 11.6 Å². The van der Waals surface area contributed by atoms with Gasteiger partial charge in [-0.05, 0) is 44.5 Å². The number of aromatic nitrogens is 5. The van der Waals surface area contributed by atoms with Gasteiger partial charge in [0.1, 0.15) is 5.82 Å². The van der Waals surface area contributed by atoms with Crippen molar-refractivity contribution in [3.8, 4) is 0 Å². The molecule has 0 radical (unpaired) electrons. The van der Waals surface area contributed by atoms with Gasteiger partial charge in [0.25, 0.3) is 0 Å². The number of pyridine rings is 1. The van der Waals surface area contributed by atoms with Crippen LogP contribution in [0.1, 0.15) is 35.7 Å². The summed E-state index contributed by atoms with van der Waals surface area (Å²) in [5.74, 6) is 2.07. The van der Waals surface area contributed by atoms with E-state index in [9.17, 15) is 0 Å². The zero-order valence-corrected chi connectivity index (χ0v) is 15.8. The number of hydrogen-bond donors (Lipinski definition) is 1. The third kappa shape index (κ3) is 4.14. The average Bonchev–Trinajstić information content (AvgIpc) is 3.09. The lowest BCUT2D eigenvalue weighted by Gasteiger charge is -2.31. The van der Waals surface area contributed by atoms with Gasteiger partial charge >= 0.3 is 0 Å². The Balaban J connectivity index is 1.43. The second-order valence-electron chi connectivity index (χ2n) is 7.16. The fraction of sp³-hybridized carbons (Fsp3) is 0.400. The number of nitrogens with one attached hydrogen (secondary N) is 1. The molecule has 140 valence electrons. The summed E-state index contributed by atoms with van der Waals surface area (Å²) in [5, 5.41) is 3.38. The molecule has 7 heteroatoms. The first-order chi connectivity index (χ1) is 13.2. The van der Waals surface area contributed by atoms with Gasteiger partial charge in [-0.1, -0.05) is 6.07 Å². The standard InChI is InChI=1S/C20H25N7/c1-15-4-3-7-22-19(15)25-20-18(21-8-9-23-20)16-5-10-27(11-6-16)13-17-12-26(2)14-24-17/h3-4,7-9,12,14,16H,5-6,10-11,13H2,1-2H3,(H,22,23,25). The van der Waals surface area contributed by atoms with E-state index in [0.29, 0.717) is 5.92 Å². The van der Waals surface area contributed by atoms with Gasteiger partial charge in [-0.3, -0.25) is 9.88 Å². The summed E-state index contributed by atoms with van der Waals surface area (Å²) in [6, 6.07) is 3.98. The van der Waals surface area contributed by atoms with E-state index in [2.05, 4.69) is 36.3 Å². The van der Waals surface area contributed by atoms with Crippen LogP contribution in [0.3, 0.4) is 0 Å². The summed E-state index contributed by atoms with van der Waals surface area (Å²) in [6.45, 7) is 5.04. The van der Waals surface area contributed by atoms with Gasteiger partial charge in [0, 0.05) is 44.3 Å². The van der Waals surface area contributed by atoms with Gasteiger partial charge in [-0.15, -0.1) is 0 Å². The number of anilines is 2. The molecule has 1 fully saturated rings. The summed E-state index contributed by atoms with van der Waals surface area (Å²) in [5.41, 5.74) is 3.27. The normalized spacial score (nSPS) is 15.8. The van der Waals surface area contributed by atoms with E-state index in [1.165, 1.54) is 0 Å². The highest BCUT2D eigenvalue weighted by atomic mass is 15.1. The molecule has 1 N–H and O–H groups in total. The molecule has 0 spiro atoms. The second-order valence-corrected chi connectivity index (χ2v) is 7.16.